The van der Waals surface area contributed by atoms with Gasteiger partial charge in [0, 0.05) is 47.6 Å². The Kier molecular flexibility index (Phi) is 5.22. The van der Waals surface area contributed by atoms with Crippen LogP contribution in [0.15, 0.2) is 65.0 Å². The van der Waals surface area contributed by atoms with E-state index in [4.69, 9.17) is 4.98 Å². The third kappa shape index (κ3) is 3.80. The predicted molar refractivity (Wildman–Crippen MR) is 135 cm³/mol. The number of benzene rings is 2. The van der Waals surface area contributed by atoms with Crippen LogP contribution in [0.25, 0.3) is 27.1 Å². The van der Waals surface area contributed by atoms with E-state index in [2.05, 4.69) is 10.3 Å². The van der Waals surface area contributed by atoms with Crippen LogP contribution >= 0.6 is 11.3 Å². The van der Waals surface area contributed by atoms with E-state index in [0.717, 1.165) is 54.1 Å². The Hall–Kier alpha value is -3.78. The summed E-state index contributed by atoms with van der Waals surface area (Å²) in [4.78, 5) is 36.3. The summed E-state index contributed by atoms with van der Waals surface area (Å²) in [6.07, 6.45) is 9.11. The molecule has 1 amide bonds. The summed E-state index contributed by atoms with van der Waals surface area (Å²) in [5.41, 5.74) is 3.63. The molecule has 8 heteroatoms. The van der Waals surface area contributed by atoms with Crippen molar-refractivity contribution in [1.82, 2.24) is 18.9 Å². The van der Waals surface area contributed by atoms with Crippen molar-refractivity contribution < 1.29 is 4.79 Å². The minimum atomic E-state index is -0.231. The molecule has 1 aliphatic heterocycles. The van der Waals surface area contributed by atoms with Gasteiger partial charge in [0.2, 0.25) is 0 Å². The number of amides is 1. The molecule has 6 rings (SSSR count). The maximum atomic E-state index is 13.0. The highest BCUT2D eigenvalue weighted by Crippen LogP contribution is 2.24. The molecule has 0 saturated heterocycles. The van der Waals surface area contributed by atoms with Crippen molar-refractivity contribution >= 4 is 38.8 Å². The van der Waals surface area contributed by atoms with Crippen LogP contribution in [0.3, 0.4) is 0 Å². The molecular formula is C26H23N5O2S. The molecule has 170 valence electrons. The molecular weight excluding hydrogens is 446 g/mol. The van der Waals surface area contributed by atoms with Crippen LogP contribution < -0.4 is 10.9 Å². The van der Waals surface area contributed by atoms with Crippen molar-refractivity contribution in [1.29, 1.82) is 0 Å². The van der Waals surface area contributed by atoms with Crippen LogP contribution in [0.2, 0.25) is 0 Å². The third-order valence-electron chi connectivity index (χ3n) is 6.36. The van der Waals surface area contributed by atoms with E-state index in [9.17, 15) is 9.59 Å². The first-order valence-electron chi connectivity index (χ1n) is 11.5. The van der Waals surface area contributed by atoms with Gasteiger partial charge in [0.05, 0.1) is 16.6 Å². The maximum Gasteiger partial charge on any atom is 0.261 e. The van der Waals surface area contributed by atoms with Gasteiger partial charge in [-0.15, -0.1) is 11.3 Å². The molecule has 0 radical (unpaired) electrons. The lowest BCUT2D eigenvalue weighted by Crippen LogP contribution is -2.26. The number of anilines is 1. The molecule has 0 spiro atoms. The maximum absolute atomic E-state index is 13.0. The zero-order valence-electron chi connectivity index (χ0n) is 18.5. The average molecular weight is 470 g/mol. The predicted octanol–water partition coefficient (Wildman–Crippen LogP) is 5.14. The summed E-state index contributed by atoms with van der Waals surface area (Å²) >= 11 is 1.59. The molecule has 0 unspecified atom stereocenters. The summed E-state index contributed by atoms with van der Waals surface area (Å²) in [5, 5.41) is 5.51. The lowest BCUT2D eigenvalue weighted by atomic mass is 10.1. The van der Waals surface area contributed by atoms with E-state index in [0.29, 0.717) is 28.7 Å². The summed E-state index contributed by atoms with van der Waals surface area (Å²) in [7, 11) is 0. The standard InChI is InChI=1S/C26H23N5O2S/c32-24(27-19-9-6-17(7-10-19)22-16-30-13-14-34-26(30)29-22)18-8-11-20-21(15-18)28-23-5-3-1-2-4-12-31(23)25(20)33/h6-11,13-16H,1-5,12H2,(H,27,32). The summed E-state index contributed by atoms with van der Waals surface area (Å²) in [6.45, 7) is 0.715. The van der Waals surface area contributed by atoms with Gasteiger partial charge in [-0.3, -0.25) is 18.6 Å². The van der Waals surface area contributed by atoms with Crippen LogP contribution in [-0.4, -0.2) is 24.8 Å². The van der Waals surface area contributed by atoms with Crippen molar-refractivity contribution in [3.63, 3.8) is 0 Å². The fourth-order valence-electron chi connectivity index (χ4n) is 4.53. The molecule has 2 aromatic carbocycles. The summed E-state index contributed by atoms with van der Waals surface area (Å²) < 4.78 is 3.81. The van der Waals surface area contributed by atoms with Crippen molar-refractivity contribution in [3.05, 3.63) is 82.0 Å². The van der Waals surface area contributed by atoms with Gasteiger partial charge in [-0.05, 0) is 43.2 Å². The van der Waals surface area contributed by atoms with Gasteiger partial charge in [-0.1, -0.05) is 25.0 Å². The van der Waals surface area contributed by atoms with Crippen LogP contribution in [0.1, 0.15) is 41.9 Å². The average Bonchev–Trinajstić information content (AvgIpc) is 3.43. The monoisotopic (exact) mass is 469 g/mol. The van der Waals surface area contributed by atoms with Crippen LogP contribution in [0.4, 0.5) is 5.69 Å². The molecule has 3 aromatic heterocycles. The van der Waals surface area contributed by atoms with E-state index >= 15 is 0 Å². The van der Waals surface area contributed by atoms with Gasteiger partial charge >= 0.3 is 0 Å². The van der Waals surface area contributed by atoms with Crippen molar-refractivity contribution in [3.8, 4) is 11.3 Å². The highest BCUT2D eigenvalue weighted by molar-refractivity contribution is 7.15. The molecule has 5 aromatic rings. The number of fused-ring (bicyclic) bond motifs is 3. The lowest BCUT2D eigenvalue weighted by Gasteiger charge is -2.16. The van der Waals surface area contributed by atoms with E-state index in [1.807, 2.05) is 51.0 Å². The van der Waals surface area contributed by atoms with Gasteiger partial charge in [-0.25, -0.2) is 9.97 Å². The number of aryl methyl sites for hydroxylation is 1. The number of thiazole rings is 1. The highest BCUT2D eigenvalue weighted by Gasteiger charge is 2.15. The number of hydrogen-bond acceptors (Lipinski definition) is 5. The van der Waals surface area contributed by atoms with Crippen LogP contribution in [0.5, 0.6) is 0 Å². The number of carbonyl (C=O) groups excluding carboxylic acids is 1. The number of nitrogens with zero attached hydrogens (tertiary/aromatic N) is 4. The number of imidazole rings is 1. The van der Waals surface area contributed by atoms with Gasteiger partial charge in [-0.2, -0.15) is 0 Å². The number of aromatic nitrogens is 4. The Labute approximate surface area is 199 Å². The smallest absolute Gasteiger partial charge is 0.261 e. The molecule has 1 N–H and O–H groups in total. The van der Waals surface area contributed by atoms with Crippen molar-refractivity contribution in [2.45, 2.75) is 38.6 Å². The van der Waals surface area contributed by atoms with Crippen molar-refractivity contribution in [2.75, 3.05) is 5.32 Å². The van der Waals surface area contributed by atoms with Crippen LogP contribution in [0, 0.1) is 0 Å². The van der Waals surface area contributed by atoms with Gasteiger partial charge in [0.1, 0.15) is 5.82 Å². The van der Waals surface area contributed by atoms with Crippen LogP contribution in [-0.2, 0) is 13.0 Å². The Morgan fingerprint density at radius 1 is 1.00 bits per heavy atom. The SMILES string of the molecule is O=C(Nc1ccc(-c2cn3ccsc3n2)cc1)c1ccc2c(=O)n3c(nc2c1)CCCCCC3. The second-order valence-electron chi connectivity index (χ2n) is 8.63. The van der Waals surface area contributed by atoms with Gasteiger partial charge in [0.15, 0.2) is 4.96 Å². The fraction of sp³-hybridized carbons (Fsp3) is 0.231. The fourth-order valence-corrected chi connectivity index (χ4v) is 5.23. The number of nitrogens with one attached hydrogen (secondary N) is 1. The van der Waals surface area contributed by atoms with Gasteiger partial charge in [0.25, 0.3) is 11.5 Å². The minimum Gasteiger partial charge on any atom is -0.322 e. The Morgan fingerprint density at radius 3 is 2.71 bits per heavy atom. The Morgan fingerprint density at radius 2 is 1.85 bits per heavy atom. The molecule has 0 atom stereocenters. The largest absolute Gasteiger partial charge is 0.322 e. The second-order valence-corrected chi connectivity index (χ2v) is 9.50. The highest BCUT2D eigenvalue weighted by atomic mass is 32.1. The normalized spacial score (nSPS) is 14.0. The van der Waals surface area contributed by atoms with Crippen molar-refractivity contribution in [2.24, 2.45) is 0 Å². The van der Waals surface area contributed by atoms with E-state index in [1.54, 1.807) is 29.5 Å². The van der Waals surface area contributed by atoms with E-state index in [-0.39, 0.29) is 11.5 Å². The molecule has 0 aliphatic carbocycles. The third-order valence-corrected chi connectivity index (χ3v) is 7.13. The van der Waals surface area contributed by atoms with E-state index < -0.39 is 0 Å². The zero-order valence-corrected chi connectivity index (χ0v) is 19.3. The number of carbonyl (C=O) groups is 1. The zero-order chi connectivity index (χ0) is 23.1. The molecule has 4 heterocycles. The van der Waals surface area contributed by atoms with Gasteiger partial charge < -0.3 is 5.32 Å². The number of hydrogen-bond donors (Lipinski definition) is 1. The molecule has 7 nitrogen and oxygen atoms in total. The number of rotatable bonds is 3. The molecule has 0 fully saturated rings. The first-order chi connectivity index (χ1) is 16.7. The molecule has 1 aliphatic rings. The first-order valence-corrected chi connectivity index (χ1v) is 12.4. The summed E-state index contributed by atoms with van der Waals surface area (Å²) in [6, 6.07) is 12.8. The van der Waals surface area contributed by atoms with E-state index in [1.165, 1.54) is 0 Å². The quantitative estimate of drug-likeness (QED) is 0.397. The summed E-state index contributed by atoms with van der Waals surface area (Å²) in [5.74, 6) is 0.593. The second kappa shape index (κ2) is 8.53. The Bertz CT molecular complexity index is 1550. The molecule has 0 saturated carbocycles. The Balaban J connectivity index is 1.24. The first kappa shape index (κ1) is 20.8. The minimum absolute atomic E-state index is 0.0106. The lowest BCUT2D eigenvalue weighted by molar-refractivity contribution is 0.102. The topological polar surface area (TPSA) is 81.3 Å². The molecule has 34 heavy (non-hydrogen) atoms. The molecule has 0 bridgehead atoms.